The summed E-state index contributed by atoms with van der Waals surface area (Å²) in [7, 11) is 0. The zero-order chi connectivity index (χ0) is 18.4. The highest BCUT2D eigenvalue weighted by Crippen LogP contribution is 2.20. The van der Waals surface area contributed by atoms with Gasteiger partial charge < -0.3 is 5.32 Å². The van der Waals surface area contributed by atoms with Crippen molar-refractivity contribution in [1.82, 2.24) is 10.2 Å². The molecule has 1 amide bonds. The first-order valence-electron chi connectivity index (χ1n) is 8.87. The number of likely N-dealkylation sites (tertiary alicyclic amines) is 1. The number of nitro benzene ring substituents is 1. The Bertz CT molecular complexity index is 723. The number of nitro groups is 1. The van der Waals surface area contributed by atoms with Crippen molar-refractivity contribution in [3.63, 3.8) is 0 Å². The Kier molecular flexibility index (Phi) is 6.35. The first-order chi connectivity index (χ1) is 12.6. The lowest BCUT2D eigenvalue weighted by molar-refractivity contribution is -0.384. The molecule has 0 atom stereocenters. The summed E-state index contributed by atoms with van der Waals surface area (Å²) in [5, 5.41) is 15.8. The van der Waals surface area contributed by atoms with Crippen molar-refractivity contribution in [2.75, 3.05) is 19.6 Å². The van der Waals surface area contributed by atoms with Crippen LogP contribution in [0, 0.1) is 16.0 Å². The third-order valence-electron chi connectivity index (χ3n) is 4.76. The van der Waals surface area contributed by atoms with E-state index in [-0.39, 0.29) is 22.4 Å². The van der Waals surface area contributed by atoms with Gasteiger partial charge in [0.25, 0.3) is 5.69 Å². The predicted octanol–water partition coefficient (Wildman–Crippen LogP) is 3.23. The summed E-state index contributed by atoms with van der Waals surface area (Å²) < 4.78 is 0. The maximum Gasteiger partial charge on any atom is 0.269 e. The highest BCUT2D eigenvalue weighted by Gasteiger charge is 2.24. The summed E-state index contributed by atoms with van der Waals surface area (Å²) in [4.78, 5) is 26.2. The van der Waals surface area contributed by atoms with Crippen LogP contribution in [0.25, 0.3) is 0 Å². The molecular weight excluding hydrogens is 350 g/mol. The average Bonchev–Trinajstić information content (AvgIpc) is 3.16. The monoisotopic (exact) mass is 373 g/mol. The van der Waals surface area contributed by atoms with Crippen LogP contribution in [0.2, 0.25) is 0 Å². The molecule has 6 nitrogen and oxygen atoms in total. The van der Waals surface area contributed by atoms with Crippen LogP contribution in [0.1, 0.15) is 23.3 Å². The molecule has 0 unspecified atom stereocenters. The van der Waals surface area contributed by atoms with Gasteiger partial charge in [-0.25, -0.2) is 0 Å². The van der Waals surface area contributed by atoms with Crippen LogP contribution < -0.4 is 5.32 Å². The van der Waals surface area contributed by atoms with Crippen molar-refractivity contribution in [1.29, 1.82) is 0 Å². The van der Waals surface area contributed by atoms with E-state index in [4.69, 9.17) is 0 Å². The highest BCUT2D eigenvalue weighted by atomic mass is 32.1. The Morgan fingerprint density at radius 3 is 2.58 bits per heavy atom. The molecule has 0 aliphatic carbocycles. The van der Waals surface area contributed by atoms with Crippen molar-refractivity contribution in [2.24, 2.45) is 5.92 Å². The largest absolute Gasteiger partial charge is 0.355 e. The Morgan fingerprint density at radius 1 is 1.23 bits per heavy atom. The summed E-state index contributed by atoms with van der Waals surface area (Å²) >= 11 is 1.72. The fourth-order valence-corrected chi connectivity index (χ4v) is 3.95. The lowest BCUT2D eigenvalue weighted by atomic mass is 9.95. The molecule has 1 N–H and O–H groups in total. The van der Waals surface area contributed by atoms with Crippen LogP contribution in [-0.4, -0.2) is 35.4 Å². The smallest absolute Gasteiger partial charge is 0.269 e. The quantitative estimate of drug-likeness (QED) is 0.597. The highest BCUT2D eigenvalue weighted by molar-refractivity contribution is 7.09. The number of hydrogen-bond donors (Lipinski definition) is 1. The average molecular weight is 373 g/mol. The Hall–Kier alpha value is -2.25. The third kappa shape index (κ3) is 5.12. The molecular formula is C19H23N3O3S. The van der Waals surface area contributed by atoms with Crippen molar-refractivity contribution >= 4 is 22.9 Å². The van der Waals surface area contributed by atoms with E-state index in [0.717, 1.165) is 44.5 Å². The van der Waals surface area contributed by atoms with Crippen molar-refractivity contribution in [3.8, 4) is 0 Å². The van der Waals surface area contributed by atoms with E-state index in [2.05, 4.69) is 21.7 Å². The number of rotatable bonds is 7. The molecule has 26 heavy (non-hydrogen) atoms. The Labute approximate surface area is 157 Å². The van der Waals surface area contributed by atoms with Crippen molar-refractivity contribution in [3.05, 3.63) is 62.3 Å². The van der Waals surface area contributed by atoms with Crippen LogP contribution in [0.5, 0.6) is 0 Å². The van der Waals surface area contributed by atoms with Crippen LogP contribution >= 0.6 is 11.3 Å². The Balaban J connectivity index is 1.39. The molecule has 0 saturated carbocycles. The summed E-state index contributed by atoms with van der Waals surface area (Å²) in [6.45, 7) is 3.22. The lowest BCUT2D eigenvalue weighted by Gasteiger charge is -2.31. The van der Waals surface area contributed by atoms with Crippen LogP contribution in [0.4, 0.5) is 5.69 Å². The van der Waals surface area contributed by atoms with E-state index < -0.39 is 0 Å². The van der Waals surface area contributed by atoms with E-state index in [9.17, 15) is 14.9 Å². The van der Waals surface area contributed by atoms with Gasteiger partial charge in [-0.2, -0.15) is 0 Å². The third-order valence-corrected chi connectivity index (χ3v) is 5.70. The minimum atomic E-state index is -0.383. The molecule has 1 aromatic heterocycles. The fourth-order valence-electron chi connectivity index (χ4n) is 3.24. The molecule has 1 aliphatic heterocycles. The first kappa shape index (κ1) is 18.5. The maximum absolute atomic E-state index is 12.3. The molecule has 138 valence electrons. The number of thiophene rings is 1. The number of hydrogen-bond acceptors (Lipinski definition) is 5. The molecule has 1 saturated heterocycles. The van der Waals surface area contributed by atoms with Gasteiger partial charge >= 0.3 is 0 Å². The van der Waals surface area contributed by atoms with Gasteiger partial charge in [0.2, 0.25) is 5.91 Å². The van der Waals surface area contributed by atoms with Gasteiger partial charge in [0.1, 0.15) is 0 Å². The molecule has 2 aromatic rings. The summed E-state index contributed by atoms with van der Waals surface area (Å²) in [6, 6.07) is 10.8. The van der Waals surface area contributed by atoms with Gasteiger partial charge in [0.15, 0.2) is 0 Å². The van der Waals surface area contributed by atoms with Crippen molar-refractivity contribution < 1.29 is 9.72 Å². The molecule has 1 fully saturated rings. The number of nitrogens with zero attached hydrogens (tertiary/aromatic N) is 2. The van der Waals surface area contributed by atoms with E-state index in [0.29, 0.717) is 6.54 Å². The number of piperidine rings is 1. The molecule has 0 radical (unpaired) electrons. The molecule has 3 rings (SSSR count). The van der Waals surface area contributed by atoms with Gasteiger partial charge in [-0.05, 0) is 49.4 Å². The van der Waals surface area contributed by atoms with E-state index in [1.807, 2.05) is 18.2 Å². The van der Waals surface area contributed by atoms with Gasteiger partial charge in [0.05, 0.1) is 4.92 Å². The number of carbonyl (C=O) groups excluding carboxylic acids is 1. The van der Waals surface area contributed by atoms with Crippen LogP contribution in [0.15, 0.2) is 41.8 Å². The van der Waals surface area contributed by atoms with E-state index in [1.54, 1.807) is 23.5 Å². The lowest BCUT2D eigenvalue weighted by Crippen LogP contribution is -2.40. The standard InChI is InChI=1S/C19H23N3O3S/c23-19(20-10-7-18-2-1-13-26-18)16-8-11-21(12-9-16)14-15-3-5-17(6-4-15)22(24)25/h1-6,13,16H,7-12,14H2,(H,20,23). The normalized spacial score (nSPS) is 15.7. The minimum absolute atomic E-state index is 0.0893. The van der Waals surface area contributed by atoms with E-state index >= 15 is 0 Å². The molecule has 1 aliphatic rings. The van der Waals surface area contributed by atoms with Crippen molar-refractivity contribution in [2.45, 2.75) is 25.8 Å². The molecule has 7 heteroatoms. The summed E-state index contributed by atoms with van der Waals surface area (Å²) in [6.07, 6.45) is 2.61. The van der Waals surface area contributed by atoms with Crippen LogP contribution in [-0.2, 0) is 17.8 Å². The second-order valence-corrected chi connectivity index (χ2v) is 7.63. The zero-order valence-electron chi connectivity index (χ0n) is 14.6. The molecule has 0 bridgehead atoms. The number of benzene rings is 1. The van der Waals surface area contributed by atoms with Gasteiger partial charge in [-0.3, -0.25) is 19.8 Å². The maximum atomic E-state index is 12.3. The molecule has 2 heterocycles. The van der Waals surface area contributed by atoms with Gasteiger partial charge in [0, 0.05) is 36.0 Å². The molecule has 0 spiro atoms. The topological polar surface area (TPSA) is 75.5 Å². The minimum Gasteiger partial charge on any atom is -0.355 e. The second-order valence-electron chi connectivity index (χ2n) is 6.59. The number of amides is 1. The molecule has 1 aromatic carbocycles. The first-order valence-corrected chi connectivity index (χ1v) is 9.75. The SMILES string of the molecule is O=C(NCCc1cccs1)C1CCN(Cc2ccc([N+](=O)[O-])cc2)CC1. The number of carbonyl (C=O) groups is 1. The Morgan fingerprint density at radius 2 is 1.96 bits per heavy atom. The predicted molar refractivity (Wildman–Crippen MR) is 102 cm³/mol. The van der Waals surface area contributed by atoms with Crippen LogP contribution in [0.3, 0.4) is 0 Å². The van der Waals surface area contributed by atoms with Gasteiger partial charge in [-0.15, -0.1) is 11.3 Å². The number of nitrogens with one attached hydrogen (secondary N) is 1. The fraction of sp³-hybridized carbons (Fsp3) is 0.421. The summed E-state index contributed by atoms with van der Waals surface area (Å²) in [5.74, 6) is 0.253. The summed E-state index contributed by atoms with van der Waals surface area (Å²) in [5.41, 5.74) is 1.18. The van der Waals surface area contributed by atoms with E-state index in [1.165, 1.54) is 4.88 Å². The number of non-ortho nitro benzene ring substituents is 1. The van der Waals surface area contributed by atoms with Gasteiger partial charge in [-0.1, -0.05) is 18.2 Å². The second kappa shape index (κ2) is 8.91. The zero-order valence-corrected chi connectivity index (χ0v) is 15.4.